The Kier molecular flexibility index (Phi) is 6.04. The predicted octanol–water partition coefficient (Wildman–Crippen LogP) is 1.83. The van der Waals surface area contributed by atoms with Crippen LogP contribution in [0.25, 0.3) is 5.52 Å². The summed E-state index contributed by atoms with van der Waals surface area (Å²) in [6.07, 6.45) is 0. The van der Waals surface area contributed by atoms with E-state index in [1.54, 1.807) is 26.0 Å². The third-order valence-corrected chi connectivity index (χ3v) is 5.12. The number of hydrogen-bond donors (Lipinski definition) is 2. The number of aromatic nitrogens is 2. The summed E-state index contributed by atoms with van der Waals surface area (Å²) in [5.74, 6) is -2.20. The van der Waals surface area contributed by atoms with Crippen molar-refractivity contribution in [3.05, 3.63) is 64.4 Å². The number of sulfonamides is 1. The number of nitrogens with one attached hydrogen (secondary N) is 1. The molecular weight excluding hydrogens is 418 g/mol. The molecule has 0 bridgehead atoms. The molecule has 0 spiro atoms. The van der Waals surface area contributed by atoms with Crippen LogP contribution in [0.15, 0.2) is 30.3 Å². The number of benzene rings is 1. The molecule has 0 saturated heterocycles. The van der Waals surface area contributed by atoms with Gasteiger partial charge in [0.25, 0.3) is 5.91 Å². The number of carbonyl (C=O) groups is 1. The molecule has 0 saturated carbocycles. The van der Waals surface area contributed by atoms with E-state index >= 15 is 0 Å². The van der Waals surface area contributed by atoms with Gasteiger partial charge in [0, 0.05) is 12.6 Å². The molecule has 30 heavy (non-hydrogen) atoms. The molecule has 0 aliphatic carbocycles. The highest BCUT2D eigenvalue weighted by molar-refractivity contribution is 7.89. The lowest BCUT2D eigenvalue weighted by Gasteiger charge is -2.11. The smallest absolute Gasteiger partial charge is 0.255 e. The van der Waals surface area contributed by atoms with E-state index in [0.29, 0.717) is 11.2 Å². The van der Waals surface area contributed by atoms with Gasteiger partial charge in [-0.15, -0.1) is 0 Å². The zero-order chi connectivity index (χ0) is 22.1. The van der Waals surface area contributed by atoms with Crippen LogP contribution in [0.2, 0.25) is 0 Å². The Bertz CT molecular complexity index is 1200. The second kappa shape index (κ2) is 8.36. The van der Waals surface area contributed by atoms with Crippen LogP contribution in [0, 0.1) is 25.5 Å². The lowest BCUT2D eigenvalue weighted by Crippen LogP contribution is -2.31. The summed E-state index contributed by atoms with van der Waals surface area (Å²) in [4.78, 5) is 12.6. The number of aryl methyl sites for hydroxylation is 2. The lowest BCUT2D eigenvalue weighted by molar-refractivity contribution is 0.0957. The number of halogens is 2. The monoisotopic (exact) mass is 438 g/mol. The van der Waals surface area contributed by atoms with Crippen LogP contribution in [-0.4, -0.2) is 36.2 Å². The predicted molar refractivity (Wildman–Crippen MR) is 106 cm³/mol. The van der Waals surface area contributed by atoms with E-state index in [2.05, 4.69) is 10.4 Å². The summed E-state index contributed by atoms with van der Waals surface area (Å²) in [7, 11) is -3.71. The molecule has 0 atom stereocenters. The van der Waals surface area contributed by atoms with E-state index in [4.69, 9.17) is 9.88 Å². The van der Waals surface area contributed by atoms with Gasteiger partial charge in [-0.25, -0.2) is 22.3 Å². The van der Waals surface area contributed by atoms with Gasteiger partial charge in [0.2, 0.25) is 15.9 Å². The third-order valence-electron chi connectivity index (χ3n) is 4.35. The Morgan fingerprint density at radius 3 is 2.53 bits per heavy atom. The SMILES string of the molecule is Cc1cc(OCc2c(F)cccc2F)n2nc(C)c(C(=O)NCCS(N)(=O)=O)c2c1. The maximum Gasteiger partial charge on any atom is 0.255 e. The maximum atomic E-state index is 13.9. The molecule has 3 aromatic rings. The Hall–Kier alpha value is -3.05. The van der Waals surface area contributed by atoms with Crippen molar-refractivity contribution in [3.63, 3.8) is 0 Å². The van der Waals surface area contributed by atoms with Crippen molar-refractivity contribution in [2.45, 2.75) is 20.5 Å². The van der Waals surface area contributed by atoms with Gasteiger partial charge in [-0.3, -0.25) is 4.79 Å². The molecule has 11 heteroatoms. The summed E-state index contributed by atoms with van der Waals surface area (Å²) in [5.41, 5.74) is 1.51. The molecule has 8 nitrogen and oxygen atoms in total. The number of fused-ring (bicyclic) bond motifs is 1. The van der Waals surface area contributed by atoms with Gasteiger partial charge < -0.3 is 10.1 Å². The average Bonchev–Trinajstić information content (AvgIpc) is 2.95. The number of hydrogen-bond acceptors (Lipinski definition) is 5. The summed E-state index contributed by atoms with van der Waals surface area (Å²) in [6, 6.07) is 6.86. The largest absolute Gasteiger partial charge is 0.473 e. The van der Waals surface area contributed by atoms with E-state index in [0.717, 1.165) is 17.7 Å². The van der Waals surface area contributed by atoms with Gasteiger partial charge >= 0.3 is 0 Å². The van der Waals surface area contributed by atoms with Crippen LogP contribution in [0.5, 0.6) is 5.88 Å². The molecule has 0 aliphatic heterocycles. The fourth-order valence-electron chi connectivity index (χ4n) is 2.95. The Morgan fingerprint density at radius 2 is 1.90 bits per heavy atom. The van der Waals surface area contributed by atoms with Gasteiger partial charge in [-0.05, 0) is 37.6 Å². The highest BCUT2D eigenvalue weighted by Gasteiger charge is 2.20. The van der Waals surface area contributed by atoms with E-state index in [-0.39, 0.29) is 30.2 Å². The highest BCUT2D eigenvalue weighted by Crippen LogP contribution is 2.24. The Morgan fingerprint density at radius 1 is 1.23 bits per heavy atom. The number of amides is 1. The van der Waals surface area contributed by atoms with Crippen molar-refractivity contribution < 1.29 is 26.7 Å². The standard InChI is InChI=1S/C19H20F2N4O4S/c1-11-8-16-18(19(26)23-6-7-30(22,27)28)12(2)24-25(16)17(9-11)29-10-13-14(20)4-3-5-15(13)21/h3-5,8-9H,6-7,10H2,1-2H3,(H,23,26)(H2,22,27,28). The van der Waals surface area contributed by atoms with Crippen LogP contribution in [0.1, 0.15) is 27.2 Å². The number of rotatable bonds is 7. The van der Waals surface area contributed by atoms with Crippen LogP contribution < -0.4 is 15.2 Å². The summed E-state index contributed by atoms with van der Waals surface area (Å²) in [5, 5.41) is 11.7. The number of nitrogens with zero attached hydrogens (tertiary/aromatic N) is 2. The summed E-state index contributed by atoms with van der Waals surface area (Å²) < 4.78 is 56.8. The quantitative estimate of drug-likeness (QED) is 0.584. The highest BCUT2D eigenvalue weighted by atomic mass is 32.2. The molecule has 3 rings (SSSR count). The minimum atomic E-state index is -3.71. The average molecular weight is 438 g/mol. The molecule has 0 fully saturated rings. The van der Waals surface area contributed by atoms with Gasteiger partial charge in [-0.1, -0.05) is 6.07 Å². The molecule has 0 radical (unpaired) electrons. The van der Waals surface area contributed by atoms with Crippen molar-refractivity contribution in [2.75, 3.05) is 12.3 Å². The number of carbonyl (C=O) groups excluding carboxylic acids is 1. The van der Waals surface area contributed by atoms with E-state index < -0.39 is 33.3 Å². The maximum absolute atomic E-state index is 13.9. The second-order valence-electron chi connectivity index (χ2n) is 6.74. The van der Waals surface area contributed by atoms with Gasteiger partial charge in [0.1, 0.15) is 18.2 Å². The van der Waals surface area contributed by atoms with Crippen molar-refractivity contribution in [2.24, 2.45) is 5.14 Å². The molecular formula is C19H20F2N4O4S. The third kappa shape index (κ3) is 4.74. The zero-order valence-electron chi connectivity index (χ0n) is 16.3. The first kappa shape index (κ1) is 21.7. The number of ether oxygens (including phenoxy) is 1. The van der Waals surface area contributed by atoms with Crippen molar-refractivity contribution in [1.82, 2.24) is 14.9 Å². The zero-order valence-corrected chi connectivity index (χ0v) is 17.1. The first-order chi connectivity index (χ1) is 14.1. The fourth-order valence-corrected chi connectivity index (χ4v) is 3.34. The molecule has 160 valence electrons. The normalized spacial score (nSPS) is 11.6. The van der Waals surface area contributed by atoms with Crippen LogP contribution >= 0.6 is 0 Å². The first-order valence-electron chi connectivity index (χ1n) is 8.91. The van der Waals surface area contributed by atoms with Crippen LogP contribution in [-0.2, 0) is 16.6 Å². The van der Waals surface area contributed by atoms with Crippen molar-refractivity contribution >= 4 is 21.4 Å². The van der Waals surface area contributed by atoms with Crippen molar-refractivity contribution in [3.8, 4) is 5.88 Å². The molecule has 1 aromatic carbocycles. The van der Waals surface area contributed by atoms with Gasteiger partial charge in [0.15, 0.2) is 0 Å². The molecule has 2 aromatic heterocycles. The van der Waals surface area contributed by atoms with E-state index in [9.17, 15) is 22.0 Å². The number of primary sulfonamides is 1. The Balaban J connectivity index is 1.91. The number of nitrogens with two attached hydrogens (primary N) is 1. The first-order valence-corrected chi connectivity index (χ1v) is 10.6. The molecule has 1 amide bonds. The van der Waals surface area contributed by atoms with Crippen LogP contribution in [0.3, 0.4) is 0 Å². The van der Waals surface area contributed by atoms with E-state index in [1.165, 1.54) is 10.6 Å². The minimum absolute atomic E-state index is 0.157. The van der Waals surface area contributed by atoms with Crippen molar-refractivity contribution in [1.29, 1.82) is 0 Å². The molecule has 3 N–H and O–H groups in total. The van der Waals surface area contributed by atoms with Crippen LogP contribution in [0.4, 0.5) is 8.78 Å². The second-order valence-corrected chi connectivity index (χ2v) is 8.47. The minimum Gasteiger partial charge on any atom is -0.473 e. The molecule has 0 unspecified atom stereocenters. The summed E-state index contributed by atoms with van der Waals surface area (Å²) >= 11 is 0. The van der Waals surface area contributed by atoms with E-state index in [1.807, 2.05) is 0 Å². The molecule has 2 heterocycles. The van der Waals surface area contributed by atoms with Gasteiger partial charge in [-0.2, -0.15) is 9.61 Å². The number of pyridine rings is 1. The summed E-state index contributed by atoms with van der Waals surface area (Å²) in [6.45, 7) is 2.85. The lowest BCUT2D eigenvalue weighted by atomic mass is 10.1. The fraction of sp³-hybridized carbons (Fsp3) is 0.263. The topological polar surface area (TPSA) is 116 Å². The molecule has 0 aliphatic rings. The van der Waals surface area contributed by atoms with Gasteiger partial charge in [0.05, 0.1) is 28.1 Å². The Labute approximate surface area is 171 Å².